The van der Waals surface area contributed by atoms with E-state index in [0.717, 1.165) is 25.8 Å². The van der Waals surface area contributed by atoms with Gasteiger partial charge in [0.25, 0.3) is 5.91 Å². The Morgan fingerprint density at radius 2 is 2.44 bits per heavy atom. The lowest BCUT2D eigenvalue weighted by Crippen LogP contribution is -2.40. The van der Waals surface area contributed by atoms with E-state index in [4.69, 9.17) is 10.8 Å². The zero-order valence-electron chi connectivity index (χ0n) is 10.4. The average molecular weight is 249 g/mol. The highest BCUT2D eigenvalue weighted by molar-refractivity contribution is 5.97. The number of nitrogens with two attached hydrogens (primary N) is 1. The fourth-order valence-corrected chi connectivity index (χ4v) is 2.41. The molecule has 1 saturated heterocycles. The van der Waals surface area contributed by atoms with E-state index < -0.39 is 0 Å². The van der Waals surface area contributed by atoms with Gasteiger partial charge in [0.05, 0.1) is 5.69 Å². The molecule has 1 aliphatic heterocycles. The number of nitrogen functional groups attached to an aromatic ring is 1. The van der Waals surface area contributed by atoms with Gasteiger partial charge < -0.3 is 15.7 Å². The van der Waals surface area contributed by atoms with Gasteiger partial charge >= 0.3 is 0 Å². The van der Waals surface area contributed by atoms with Crippen LogP contribution in [0.25, 0.3) is 0 Å². The summed E-state index contributed by atoms with van der Waals surface area (Å²) in [6.07, 6.45) is 4.38. The van der Waals surface area contributed by atoms with Crippen molar-refractivity contribution in [1.82, 2.24) is 9.88 Å². The van der Waals surface area contributed by atoms with Crippen LogP contribution in [-0.4, -0.2) is 40.6 Å². The fourth-order valence-electron chi connectivity index (χ4n) is 2.41. The molecular formula is C13H19N3O2. The number of rotatable bonds is 3. The topological polar surface area (TPSA) is 79.5 Å². The van der Waals surface area contributed by atoms with Crippen molar-refractivity contribution in [3.8, 4) is 0 Å². The summed E-state index contributed by atoms with van der Waals surface area (Å²) >= 11 is 0. The number of aromatic nitrogens is 1. The number of hydrogen-bond acceptors (Lipinski definition) is 4. The minimum atomic E-state index is -0.101. The number of anilines is 1. The molecule has 0 bridgehead atoms. The van der Waals surface area contributed by atoms with Crippen molar-refractivity contribution in [2.75, 3.05) is 25.4 Å². The predicted molar refractivity (Wildman–Crippen MR) is 69.0 cm³/mol. The lowest BCUT2D eigenvalue weighted by Gasteiger charge is -2.32. The second-order valence-electron chi connectivity index (χ2n) is 4.71. The van der Waals surface area contributed by atoms with Gasteiger partial charge in [-0.3, -0.25) is 4.79 Å². The van der Waals surface area contributed by atoms with E-state index in [1.165, 1.54) is 0 Å². The summed E-state index contributed by atoms with van der Waals surface area (Å²) < 4.78 is 0. The molecule has 1 unspecified atom stereocenters. The van der Waals surface area contributed by atoms with Crippen LogP contribution in [0.5, 0.6) is 0 Å². The zero-order valence-corrected chi connectivity index (χ0v) is 10.4. The Hall–Kier alpha value is -1.62. The van der Waals surface area contributed by atoms with Crippen molar-refractivity contribution >= 4 is 11.6 Å². The number of hydrogen-bond donors (Lipinski definition) is 2. The third-order valence-electron chi connectivity index (χ3n) is 3.39. The lowest BCUT2D eigenvalue weighted by atomic mass is 9.95. The largest absolute Gasteiger partial charge is 0.397 e. The number of aliphatic hydroxyl groups is 1. The first kappa shape index (κ1) is 12.8. The van der Waals surface area contributed by atoms with E-state index in [9.17, 15) is 4.79 Å². The molecule has 0 radical (unpaired) electrons. The standard InChI is InChI=1S/C13H19N3O2/c14-11-4-1-6-15-12(11)13(18)16-7-2-3-10(9-16)5-8-17/h1,4,6,10,17H,2-3,5,7-9,14H2. The molecule has 0 aromatic carbocycles. The Bertz CT molecular complexity index is 420. The maximum Gasteiger partial charge on any atom is 0.274 e. The van der Waals surface area contributed by atoms with E-state index in [2.05, 4.69) is 4.98 Å². The monoisotopic (exact) mass is 249 g/mol. The number of likely N-dealkylation sites (tertiary alicyclic amines) is 1. The minimum Gasteiger partial charge on any atom is -0.397 e. The number of pyridine rings is 1. The minimum absolute atomic E-state index is 0.101. The summed E-state index contributed by atoms with van der Waals surface area (Å²) in [5, 5.41) is 8.97. The fraction of sp³-hybridized carbons (Fsp3) is 0.538. The number of piperidine rings is 1. The third-order valence-corrected chi connectivity index (χ3v) is 3.39. The Balaban J connectivity index is 2.07. The number of carbonyl (C=O) groups is 1. The quantitative estimate of drug-likeness (QED) is 0.834. The summed E-state index contributed by atoms with van der Waals surface area (Å²) in [6, 6.07) is 3.41. The van der Waals surface area contributed by atoms with Crippen LogP contribution < -0.4 is 5.73 Å². The van der Waals surface area contributed by atoms with E-state index in [0.29, 0.717) is 23.8 Å². The van der Waals surface area contributed by atoms with Gasteiger partial charge in [-0.1, -0.05) is 0 Å². The zero-order chi connectivity index (χ0) is 13.0. The van der Waals surface area contributed by atoms with Gasteiger partial charge in [-0.25, -0.2) is 4.98 Å². The van der Waals surface area contributed by atoms with Crippen LogP contribution in [0, 0.1) is 5.92 Å². The summed E-state index contributed by atoms with van der Waals surface area (Å²) in [4.78, 5) is 18.1. The van der Waals surface area contributed by atoms with Crippen molar-refractivity contribution in [1.29, 1.82) is 0 Å². The molecule has 0 spiro atoms. The van der Waals surface area contributed by atoms with E-state index in [-0.39, 0.29) is 12.5 Å². The molecule has 2 rings (SSSR count). The molecule has 0 aliphatic carbocycles. The molecule has 98 valence electrons. The maximum absolute atomic E-state index is 12.3. The first-order valence-corrected chi connectivity index (χ1v) is 6.33. The highest BCUT2D eigenvalue weighted by Gasteiger charge is 2.25. The smallest absolute Gasteiger partial charge is 0.274 e. The predicted octanol–water partition coefficient (Wildman–Crippen LogP) is 0.898. The Labute approximate surface area is 107 Å². The number of aliphatic hydroxyl groups excluding tert-OH is 1. The summed E-state index contributed by atoms with van der Waals surface area (Å²) in [7, 11) is 0. The van der Waals surface area contributed by atoms with E-state index in [1.807, 2.05) is 0 Å². The molecule has 1 fully saturated rings. The first-order chi connectivity index (χ1) is 8.72. The molecule has 1 aromatic heterocycles. The first-order valence-electron chi connectivity index (χ1n) is 6.33. The molecule has 1 amide bonds. The molecular weight excluding hydrogens is 230 g/mol. The lowest BCUT2D eigenvalue weighted by molar-refractivity contribution is 0.0649. The average Bonchev–Trinajstić information content (AvgIpc) is 2.39. The van der Waals surface area contributed by atoms with Gasteiger partial charge in [0.1, 0.15) is 0 Å². The normalized spacial score (nSPS) is 19.8. The van der Waals surface area contributed by atoms with Crippen molar-refractivity contribution in [3.63, 3.8) is 0 Å². The van der Waals surface area contributed by atoms with Crippen molar-refractivity contribution in [2.45, 2.75) is 19.3 Å². The van der Waals surface area contributed by atoms with E-state index in [1.54, 1.807) is 23.2 Å². The second-order valence-corrected chi connectivity index (χ2v) is 4.71. The third kappa shape index (κ3) is 2.79. The second kappa shape index (κ2) is 5.82. The summed E-state index contributed by atoms with van der Waals surface area (Å²) in [5.74, 6) is 0.286. The van der Waals surface area contributed by atoms with Gasteiger partial charge in [-0.2, -0.15) is 0 Å². The van der Waals surface area contributed by atoms with Crippen LogP contribution in [0.2, 0.25) is 0 Å². The highest BCUT2D eigenvalue weighted by Crippen LogP contribution is 2.21. The van der Waals surface area contributed by atoms with Crippen LogP contribution in [0.4, 0.5) is 5.69 Å². The van der Waals surface area contributed by atoms with Crippen LogP contribution >= 0.6 is 0 Å². The molecule has 3 N–H and O–H groups in total. The van der Waals surface area contributed by atoms with Gasteiger partial charge in [-0.05, 0) is 37.3 Å². The molecule has 2 heterocycles. The van der Waals surface area contributed by atoms with Gasteiger partial charge in [-0.15, -0.1) is 0 Å². The molecule has 5 nitrogen and oxygen atoms in total. The maximum atomic E-state index is 12.3. The number of nitrogens with zero attached hydrogens (tertiary/aromatic N) is 2. The SMILES string of the molecule is Nc1cccnc1C(=O)N1CCCC(CCO)C1. The summed E-state index contributed by atoms with van der Waals surface area (Å²) in [6.45, 7) is 1.62. The molecule has 5 heteroatoms. The van der Waals surface area contributed by atoms with Crippen LogP contribution in [0.1, 0.15) is 29.8 Å². The van der Waals surface area contributed by atoms with E-state index >= 15 is 0 Å². The summed E-state index contributed by atoms with van der Waals surface area (Å²) in [5.41, 5.74) is 6.53. The Kier molecular flexibility index (Phi) is 4.15. The molecule has 1 aromatic rings. The van der Waals surface area contributed by atoms with Crippen LogP contribution in [0.3, 0.4) is 0 Å². The molecule has 1 atom stereocenters. The van der Waals surface area contributed by atoms with Crippen LogP contribution in [0.15, 0.2) is 18.3 Å². The Morgan fingerprint density at radius 3 is 3.17 bits per heavy atom. The molecule has 1 aliphatic rings. The Morgan fingerprint density at radius 1 is 1.61 bits per heavy atom. The number of carbonyl (C=O) groups excluding carboxylic acids is 1. The molecule has 0 saturated carbocycles. The van der Waals surface area contributed by atoms with Gasteiger partial charge in [0.2, 0.25) is 0 Å². The number of amides is 1. The van der Waals surface area contributed by atoms with Crippen LogP contribution in [-0.2, 0) is 0 Å². The van der Waals surface area contributed by atoms with Crippen molar-refractivity contribution < 1.29 is 9.90 Å². The van der Waals surface area contributed by atoms with Crippen molar-refractivity contribution in [3.05, 3.63) is 24.0 Å². The highest BCUT2D eigenvalue weighted by atomic mass is 16.3. The van der Waals surface area contributed by atoms with Gasteiger partial charge in [0.15, 0.2) is 5.69 Å². The van der Waals surface area contributed by atoms with Gasteiger partial charge in [0, 0.05) is 25.9 Å². The molecule has 18 heavy (non-hydrogen) atoms. The van der Waals surface area contributed by atoms with Crippen molar-refractivity contribution in [2.24, 2.45) is 5.92 Å².